The Hall–Kier alpha value is -1.26. The standard InChI is InChI=1S/C17H28N2O2/c1-5-7-19(8-6-2)15-12-18-11-13-9-14(20-3)10-16(21-4)17(13)15/h9-10,15,18H,5-8,11-12H2,1-4H3/t15-/m1/s1. The molecule has 0 fully saturated rings. The van der Waals surface area contributed by atoms with Gasteiger partial charge in [-0.05, 0) is 37.6 Å². The van der Waals surface area contributed by atoms with E-state index >= 15 is 0 Å². The van der Waals surface area contributed by atoms with Crippen molar-refractivity contribution < 1.29 is 9.47 Å². The van der Waals surface area contributed by atoms with Gasteiger partial charge in [0.05, 0.1) is 20.3 Å². The molecule has 0 radical (unpaired) electrons. The van der Waals surface area contributed by atoms with Crippen molar-refractivity contribution in [3.05, 3.63) is 23.3 Å². The lowest BCUT2D eigenvalue weighted by molar-refractivity contribution is 0.181. The summed E-state index contributed by atoms with van der Waals surface area (Å²) in [7, 11) is 3.45. The third-order valence-electron chi connectivity index (χ3n) is 4.11. The maximum Gasteiger partial charge on any atom is 0.127 e. The number of benzene rings is 1. The van der Waals surface area contributed by atoms with Crippen molar-refractivity contribution in [1.82, 2.24) is 10.2 Å². The zero-order valence-corrected chi connectivity index (χ0v) is 13.7. The van der Waals surface area contributed by atoms with Gasteiger partial charge in [-0.3, -0.25) is 4.90 Å². The fraction of sp³-hybridized carbons (Fsp3) is 0.647. The Kier molecular flexibility index (Phi) is 5.88. The molecule has 4 heteroatoms. The average Bonchev–Trinajstić information content (AvgIpc) is 2.52. The SMILES string of the molecule is CCCN(CCC)[C@@H]1CNCc2cc(OC)cc(OC)c21. The summed E-state index contributed by atoms with van der Waals surface area (Å²) in [5, 5.41) is 3.54. The van der Waals surface area contributed by atoms with Crippen LogP contribution >= 0.6 is 0 Å². The van der Waals surface area contributed by atoms with Gasteiger partial charge in [-0.25, -0.2) is 0 Å². The summed E-state index contributed by atoms with van der Waals surface area (Å²) in [5.41, 5.74) is 2.62. The topological polar surface area (TPSA) is 33.7 Å². The molecule has 1 aliphatic rings. The smallest absolute Gasteiger partial charge is 0.127 e. The van der Waals surface area contributed by atoms with E-state index in [1.807, 2.05) is 6.07 Å². The number of fused-ring (bicyclic) bond motifs is 1. The Bertz CT molecular complexity index is 439. The monoisotopic (exact) mass is 292 g/mol. The van der Waals surface area contributed by atoms with Crippen LogP contribution in [0.25, 0.3) is 0 Å². The molecule has 1 aliphatic heterocycles. The van der Waals surface area contributed by atoms with E-state index in [2.05, 4.69) is 30.1 Å². The summed E-state index contributed by atoms with van der Waals surface area (Å²) >= 11 is 0. The van der Waals surface area contributed by atoms with Gasteiger partial charge in [-0.1, -0.05) is 13.8 Å². The van der Waals surface area contributed by atoms with Gasteiger partial charge < -0.3 is 14.8 Å². The maximum atomic E-state index is 5.66. The van der Waals surface area contributed by atoms with Crippen LogP contribution < -0.4 is 14.8 Å². The van der Waals surface area contributed by atoms with Gasteiger partial charge in [-0.15, -0.1) is 0 Å². The van der Waals surface area contributed by atoms with Crippen molar-refractivity contribution in [2.45, 2.75) is 39.3 Å². The van der Waals surface area contributed by atoms with Crippen LogP contribution in [0.15, 0.2) is 12.1 Å². The summed E-state index contributed by atoms with van der Waals surface area (Å²) in [6, 6.07) is 4.52. The molecule has 0 bridgehead atoms. The van der Waals surface area contributed by atoms with Gasteiger partial charge in [0, 0.05) is 24.7 Å². The minimum Gasteiger partial charge on any atom is -0.497 e. The first-order chi connectivity index (χ1) is 10.2. The largest absolute Gasteiger partial charge is 0.497 e. The van der Waals surface area contributed by atoms with Crippen molar-refractivity contribution >= 4 is 0 Å². The quantitative estimate of drug-likeness (QED) is 0.838. The zero-order chi connectivity index (χ0) is 15.2. The Labute approximate surface area is 128 Å². The summed E-state index contributed by atoms with van der Waals surface area (Å²) in [6.07, 6.45) is 2.34. The van der Waals surface area contributed by atoms with Crippen LogP contribution in [-0.2, 0) is 6.54 Å². The number of hydrogen-bond acceptors (Lipinski definition) is 4. The van der Waals surface area contributed by atoms with Crippen molar-refractivity contribution in [2.75, 3.05) is 33.9 Å². The first-order valence-electron chi connectivity index (χ1n) is 7.94. The predicted molar refractivity (Wildman–Crippen MR) is 86.1 cm³/mol. The van der Waals surface area contributed by atoms with E-state index in [4.69, 9.17) is 9.47 Å². The lowest BCUT2D eigenvalue weighted by atomic mass is 9.93. The molecule has 2 rings (SSSR count). The third-order valence-corrected chi connectivity index (χ3v) is 4.11. The molecule has 1 aromatic rings. The van der Waals surface area contributed by atoms with Crippen LogP contribution in [0.2, 0.25) is 0 Å². The molecular weight excluding hydrogens is 264 g/mol. The third kappa shape index (κ3) is 3.50. The molecule has 0 aliphatic carbocycles. The van der Waals surface area contributed by atoms with E-state index in [1.165, 1.54) is 24.0 Å². The molecule has 118 valence electrons. The van der Waals surface area contributed by atoms with Crippen molar-refractivity contribution in [3.63, 3.8) is 0 Å². The summed E-state index contributed by atoms with van der Waals surface area (Å²) in [5.74, 6) is 1.82. The van der Waals surface area contributed by atoms with Crippen LogP contribution in [0.3, 0.4) is 0 Å². The Morgan fingerprint density at radius 3 is 2.43 bits per heavy atom. The van der Waals surface area contributed by atoms with Crippen molar-refractivity contribution in [1.29, 1.82) is 0 Å². The minimum absolute atomic E-state index is 0.384. The lowest BCUT2D eigenvalue weighted by Crippen LogP contribution is -2.40. The molecule has 1 atom stereocenters. The number of nitrogens with one attached hydrogen (secondary N) is 1. The summed E-state index contributed by atoms with van der Waals surface area (Å²) in [4.78, 5) is 2.57. The van der Waals surface area contributed by atoms with Crippen LogP contribution in [0.5, 0.6) is 11.5 Å². The van der Waals surface area contributed by atoms with Gasteiger partial charge in [0.15, 0.2) is 0 Å². The molecule has 1 heterocycles. The molecule has 0 saturated heterocycles. The molecule has 4 nitrogen and oxygen atoms in total. The predicted octanol–water partition coefficient (Wildman–Crippen LogP) is 2.97. The van der Waals surface area contributed by atoms with Crippen molar-refractivity contribution in [3.8, 4) is 11.5 Å². The highest BCUT2D eigenvalue weighted by atomic mass is 16.5. The van der Waals surface area contributed by atoms with E-state index in [1.54, 1.807) is 14.2 Å². The Morgan fingerprint density at radius 2 is 1.86 bits per heavy atom. The highest BCUT2D eigenvalue weighted by Crippen LogP contribution is 2.38. The Balaban J connectivity index is 2.40. The molecular formula is C17H28N2O2. The average molecular weight is 292 g/mol. The second-order valence-corrected chi connectivity index (χ2v) is 5.59. The lowest BCUT2D eigenvalue weighted by Gasteiger charge is -2.37. The molecule has 1 N–H and O–H groups in total. The first kappa shape index (κ1) is 16.1. The van der Waals surface area contributed by atoms with E-state index in [-0.39, 0.29) is 0 Å². The molecule has 0 unspecified atom stereocenters. The molecule has 0 spiro atoms. The van der Waals surface area contributed by atoms with Crippen LogP contribution in [-0.4, -0.2) is 38.8 Å². The summed E-state index contributed by atoms with van der Waals surface area (Å²) in [6.45, 7) is 8.58. The normalized spacial score (nSPS) is 17.7. The second-order valence-electron chi connectivity index (χ2n) is 5.59. The highest BCUT2D eigenvalue weighted by Gasteiger charge is 2.28. The zero-order valence-electron chi connectivity index (χ0n) is 13.7. The summed E-state index contributed by atoms with van der Waals surface area (Å²) < 4.78 is 11.0. The fourth-order valence-corrected chi connectivity index (χ4v) is 3.22. The highest BCUT2D eigenvalue weighted by molar-refractivity contribution is 5.49. The van der Waals surface area contributed by atoms with Gasteiger partial charge in [0.2, 0.25) is 0 Å². The Morgan fingerprint density at radius 1 is 1.14 bits per heavy atom. The van der Waals surface area contributed by atoms with Crippen LogP contribution in [0, 0.1) is 0 Å². The molecule has 0 aromatic heterocycles. The van der Waals surface area contributed by atoms with E-state index in [0.717, 1.165) is 37.7 Å². The minimum atomic E-state index is 0.384. The number of rotatable bonds is 7. The van der Waals surface area contributed by atoms with Gasteiger partial charge in [-0.2, -0.15) is 0 Å². The second kappa shape index (κ2) is 7.66. The van der Waals surface area contributed by atoms with Gasteiger partial charge in [0.25, 0.3) is 0 Å². The molecule has 21 heavy (non-hydrogen) atoms. The van der Waals surface area contributed by atoms with E-state index in [9.17, 15) is 0 Å². The van der Waals surface area contributed by atoms with Gasteiger partial charge >= 0.3 is 0 Å². The number of nitrogens with zero attached hydrogens (tertiary/aromatic N) is 1. The van der Waals surface area contributed by atoms with Crippen LogP contribution in [0.1, 0.15) is 43.9 Å². The molecule has 1 aromatic carbocycles. The van der Waals surface area contributed by atoms with E-state index in [0.29, 0.717) is 6.04 Å². The van der Waals surface area contributed by atoms with E-state index < -0.39 is 0 Å². The number of methoxy groups -OCH3 is 2. The van der Waals surface area contributed by atoms with Crippen LogP contribution in [0.4, 0.5) is 0 Å². The van der Waals surface area contributed by atoms with Gasteiger partial charge in [0.1, 0.15) is 11.5 Å². The first-order valence-corrected chi connectivity index (χ1v) is 7.94. The number of hydrogen-bond donors (Lipinski definition) is 1. The number of ether oxygens (including phenoxy) is 2. The molecule has 0 saturated carbocycles. The molecule has 0 amide bonds. The maximum absolute atomic E-state index is 5.66. The fourth-order valence-electron chi connectivity index (χ4n) is 3.22. The van der Waals surface area contributed by atoms with Crippen molar-refractivity contribution in [2.24, 2.45) is 0 Å².